The molecule has 0 atom stereocenters. The quantitative estimate of drug-likeness (QED) is 0.529. The van der Waals surface area contributed by atoms with Gasteiger partial charge < -0.3 is 15.0 Å². The zero-order chi connectivity index (χ0) is 21.3. The minimum Gasteiger partial charge on any atom is -0.496 e. The van der Waals surface area contributed by atoms with Crippen LogP contribution in [0.3, 0.4) is 0 Å². The van der Waals surface area contributed by atoms with Gasteiger partial charge in [-0.3, -0.25) is 19.8 Å². The maximum Gasteiger partial charge on any atom is 0.296 e. The van der Waals surface area contributed by atoms with Crippen molar-refractivity contribution in [2.75, 3.05) is 45.2 Å². The molecule has 30 heavy (non-hydrogen) atoms. The SMILES string of the molecule is COc1ccc(NC(=O)CCN2CCCN(Cc3ccccc3)CC2)c([N+](=O)[O-])c1. The third-order valence-electron chi connectivity index (χ3n) is 5.26. The Bertz CT molecular complexity index is 859. The van der Waals surface area contributed by atoms with Crippen LogP contribution in [0.15, 0.2) is 48.5 Å². The molecule has 0 bridgehead atoms. The van der Waals surface area contributed by atoms with Gasteiger partial charge in [0.05, 0.1) is 18.1 Å². The molecule has 0 aliphatic carbocycles. The second-order valence-electron chi connectivity index (χ2n) is 7.40. The van der Waals surface area contributed by atoms with Gasteiger partial charge >= 0.3 is 0 Å². The van der Waals surface area contributed by atoms with Gasteiger partial charge in [-0.1, -0.05) is 30.3 Å². The van der Waals surface area contributed by atoms with Gasteiger partial charge in [0, 0.05) is 32.6 Å². The molecule has 0 aromatic heterocycles. The van der Waals surface area contributed by atoms with Crippen LogP contribution in [0.4, 0.5) is 11.4 Å². The molecular formula is C22H28N4O4. The standard InChI is InChI=1S/C22H28N4O4/c1-30-19-8-9-20(21(16-19)26(28)29)23-22(27)10-13-24-11-5-12-25(15-14-24)17-18-6-3-2-4-7-18/h2-4,6-9,16H,5,10-15,17H2,1H3,(H,23,27). The molecule has 2 aromatic rings. The number of hydrogen-bond acceptors (Lipinski definition) is 6. The highest BCUT2D eigenvalue weighted by Gasteiger charge is 2.19. The highest BCUT2D eigenvalue weighted by molar-refractivity contribution is 5.93. The minimum atomic E-state index is -0.520. The van der Waals surface area contributed by atoms with E-state index < -0.39 is 4.92 Å². The normalized spacial score (nSPS) is 15.4. The Balaban J connectivity index is 1.47. The number of nitro groups is 1. The number of ether oxygens (including phenoxy) is 1. The van der Waals surface area contributed by atoms with Gasteiger partial charge in [0.1, 0.15) is 11.4 Å². The first kappa shape index (κ1) is 21.7. The number of hydrogen-bond donors (Lipinski definition) is 1. The fraction of sp³-hybridized carbons (Fsp3) is 0.409. The lowest BCUT2D eigenvalue weighted by Gasteiger charge is -2.21. The van der Waals surface area contributed by atoms with E-state index in [1.54, 1.807) is 6.07 Å². The average Bonchev–Trinajstić information content (AvgIpc) is 2.98. The third kappa shape index (κ3) is 6.27. The van der Waals surface area contributed by atoms with Crippen molar-refractivity contribution in [1.29, 1.82) is 0 Å². The number of methoxy groups -OCH3 is 1. The predicted molar refractivity (Wildman–Crippen MR) is 116 cm³/mol. The van der Waals surface area contributed by atoms with E-state index in [4.69, 9.17) is 4.74 Å². The summed E-state index contributed by atoms with van der Waals surface area (Å²) in [6.45, 7) is 5.42. The fourth-order valence-corrected chi connectivity index (χ4v) is 3.62. The van der Waals surface area contributed by atoms with Gasteiger partial charge in [0.15, 0.2) is 0 Å². The van der Waals surface area contributed by atoms with Crippen molar-refractivity contribution in [2.24, 2.45) is 0 Å². The maximum absolute atomic E-state index is 12.4. The highest BCUT2D eigenvalue weighted by Crippen LogP contribution is 2.29. The second kappa shape index (κ2) is 10.7. The molecular weight excluding hydrogens is 384 g/mol. The van der Waals surface area contributed by atoms with Crippen LogP contribution in [0.1, 0.15) is 18.4 Å². The summed E-state index contributed by atoms with van der Waals surface area (Å²) in [5, 5.41) is 13.9. The maximum atomic E-state index is 12.4. The lowest BCUT2D eigenvalue weighted by Crippen LogP contribution is -2.32. The molecule has 2 aromatic carbocycles. The Morgan fingerprint density at radius 1 is 1.10 bits per heavy atom. The van der Waals surface area contributed by atoms with Crippen LogP contribution in [-0.2, 0) is 11.3 Å². The van der Waals surface area contributed by atoms with Gasteiger partial charge in [0.25, 0.3) is 5.69 Å². The van der Waals surface area contributed by atoms with E-state index in [9.17, 15) is 14.9 Å². The first-order chi connectivity index (χ1) is 14.5. The van der Waals surface area contributed by atoms with Gasteiger partial charge in [-0.05, 0) is 37.2 Å². The molecule has 0 spiro atoms. The van der Waals surface area contributed by atoms with Crippen molar-refractivity contribution >= 4 is 17.3 Å². The van der Waals surface area contributed by atoms with Crippen molar-refractivity contribution in [3.63, 3.8) is 0 Å². The zero-order valence-electron chi connectivity index (χ0n) is 17.3. The number of amides is 1. The molecule has 1 heterocycles. The van der Waals surface area contributed by atoms with Crippen molar-refractivity contribution in [2.45, 2.75) is 19.4 Å². The van der Waals surface area contributed by atoms with Crippen LogP contribution in [0.25, 0.3) is 0 Å². The number of carbonyl (C=O) groups is 1. The van der Waals surface area contributed by atoms with Crippen LogP contribution in [0, 0.1) is 10.1 Å². The lowest BCUT2D eigenvalue weighted by molar-refractivity contribution is -0.384. The van der Waals surface area contributed by atoms with Crippen molar-refractivity contribution in [3.8, 4) is 5.75 Å². The molecule has 1 amide bonds. The van der Waals surface area contributed by atoms with Gasteiger partial charge in [-0.2, -0.15) is 0 Å². The Hall–Kier alpha value is -2.97. The molecule has 0 saturated carbocycles. The van der Waals surface area contributed by atoms with Crippen molar-refractivity contribution < 1.29 is 14.5 Å². The number of benzene rings is 2. The second-order valence-corrected chi connectivity index (χ2v) is 7.40. The fourth-order valence-electron chi connectivity index (χ4n) is 3.62. The predicted octanol–water partition coefficient (Wildman–Crippen LogP) is 3.14. The summed E-state index contributed by atoms with van der Waals surface area (Å²) in [5.41, 5.74) is 1.33. The first-order valence-electron chi connectivity index (χ1n) is 10.2. The largest absolute Gasteiger partial charge is 0.496 e. The smallest absolute Gasteiger partial charge is 0.296 e. The van der Waals surface area contributed by atoms with Crippen LogP contribution in [0.5, 0.6) is 5.75 Å². The first-order valence-corrected chi connectivity index (χ1v) is 10.2. The summed E-state index contributed by atoms with van der Waals surface area (Å²) in [6.07, 6.45) is 1.35. The van der Waals surface area contributed by atoms with E-state index in [0.717, 1.165) is 39.1 Å². The average molecular weight is 412 g/mol. The molecule has 0 unspecified atom stereocenters. The number of nitro benzene ring substituents is 1. The molecule has 1 aliphatic heterocycles. The lowest BCUT2D eigenvalue weighted by atomic mass is 10.2. The topological polar surface area (TPSA) is 88.0 Å². The summed E-state index contributed by atoms with van der Waals surface area (Å²) < 4.78 is 5.02. The van der Waals surface area contributed by atoms with Crippen LogP contribution in [-0.4, -0.2) is 60.5 Å². The van der Waals surface area contributed by atoms with E-state index in [0.29, 0.717) is 18.7 Å². The van der Waals surface area contributed by atoms with E-state index in [1.165, 1.54) is 24.8 Å². The van der Waals surface area contributed by atoms with Gasteiger partial charge in [0.2, 0.25) is 5.91 Å². The molecule has 8 heteroatoms. The summed E-state index contributed by atoms with van der Waals surface area (Å²) in [6, 6.07) is 14.8. The summed E-state index contributed by atoms with van der Waals surface area (Å²) >= 11 is 0. The molecule has 1 fully saturated rings. The Kier molecular flexibility index (Phi) is 7.75. The minimum absolute atomic E-state index is 0.172. The Morgan fingerprint density at radius 2 is 1.83 bits per heavy atom. The number of anilines is 1. The Labute approximate surface area is 176 Å². The number of nitrogens with zero attached hydrogens (tertiary/aromatic N) is 3. The summed E-state index contributed by atoms with van der Waals surface area (Å²) in [5.74, 6) is 0.151. The Morgan fingerprint density at radius 3 is 2.57 bits per heavy atom. The third-order valence-corrected chi connectivity index (χ3v) is 5.26. The molecule has 1 N–H and O–H groups in total. The summed E-state index contributed by atoms with van der Waals surface area (Å²) in [7, 11) is 1.44. The number of rotatable bonds is 8. The zero-order valence-corrected chi connectivity index (χ0v) is 17.3. The van der Waals surface area contributed by atoms with E-state index in [-0.39, 0.29) is 17.3 Å². The number of carbonyl (C=O) groups excluding carboxylic acids is 1. The van der Waals surface area contributed by atoms with E-state index >= 15 is 0 Å². The highest BCUT2D eigenvalue weighted by atomic mass is 16.6. The van der Waals surface area contributed by atoms with Crippen molar-refractivity contribution in [1.82, 2.24) is 9.80 Å². The van der Waals surface area contributed by atoms with E-state index in [2.05, 4.69) is 39.4 Å². The van der Waals surface area contributed by atoms with Gasteiger partial charge in [-0.15, -0.1) is 0 Å². The molecule has 3 rings (SSSR count). The summed E-state index contributed by atoms with van der Waals surface area (Å²) in [4.78, 5) is 27.8. The number of nitrogens with one attached hydrogen (secondary N) is 1. The van der Waals surface area contributed by atoms with Crippen LogP contribution >= 0.6 is 0 Å². The molecule has 1 saturated heterocycles. The molecule has 1 aliphatic rings. The van der Waals surface area contributed by atoms with Gasteiger partial charge in [-0.25, -0.2) is 0 Å². The molecule has 8 nitrogen and oxygen atoms in total. The molecule has 160 valence electrons. The monoisotopic (exact) mass is 412 g/mol. The van der Waals surface area contributed by atoms with Crippen molar-refractivity contribution in [3.05, 3.63) is 64.2 Å². The van der Waals surface area contributed by atoms with E-state index in [1.807, 2.05) is 6.07 Å². The molecule has 0 radical (unpaired) electrons. The van der Waals surface area contributed by atoms with Crippen LogP contribution in [0.2, 0.25) is 0 Å². The van der Waals surface area contributed by atoms with Crippen LogP contribution < -0.4 is 10.1 Å².